The fourth-order valence-electron chi connectivity index (χ4n) is 4.10. The molecule has 4 aromatic carbocycles. The molecule has 4 aromatic rings. The van der Waals surface area contributed by atoms with E-state index in [9.17, 15) is 0 Å². The number of nitrogens with one attached hydrogen (secondary N) is 2. The molecule has 0 saturated heterocycles. The van der Waals surface area contributed by atoms with Gasteiger partial charge in [-0.3, -0.25) is 0 Å². The van der Waals surface area contributed by atoms with Crippen molar-refractivity contribution in [1.82, 2.24) is 0 Å². The molecule has 0 heterocycles. The summed E-state index contributed by atoms with van der Waals surface area (Å²) >= 11 is 9.28. The van der Waals surface area contributed by atoms with Gasteiger partial charge < -0.3 is 10.6 Å². The van der Waals surface area contributed by atoms with E-state index < -0.39 is 0 Å². The van der Waals surface area contributed by atoms with E-state index in [0.717, 1.165) is 34.3 Å². The molecule has 0 bridgehead atoms. The highest BCUT2D eigenvalue weighted by molar-refractivity contribution is 7.80. The number of thiol groups is 2. The summed E-state index contributed by atoms with van der Waals surface area (Å²) in [6.45, 7) is 1.97. The van der Waals surface area contributed by atoms with Gasteiger partial charge in [0, 0.05) is 33.7 Å². The Morgan fingerprint density at radius 3 is 1.39 bits per heavy atom. The summed E-state index contributed by atoms with van der Waals surface area (Å²) in [5, 5.41) is 12.2. The van der Waals surface area contributed by atoms with Crippen LogP contribution in [0.3, 0.4) is 0 Å². The Morgan fingerprint density at radius 1 is 0.484 bits per heavy atom. The van der Waals surface area contributed by atoms with Crippen LogP contribution in [0.4, 0.5) is 11.4 Å². The van der Waals surface area contributed by atoms with Crippen LogP contribution in [-0.2, 0) is 0 Å². The molecule has 2 nitrogen and oxygen atoms in total. The van der Waals surface area contributed by atoms with Crippen LogP contribution in [0.1, 0.15) is 32.1 Å². The van der Waals surface area contributed by atoms with Crippen molar-refractivity contribution in [3.05, 3.63) is 72.8 Å². The molecule has 0 aliphatic heterocycles. The Labute approximate surface area is 196 Å². The lowest BCUT2D eigenvalue weighted by Crippen LogP contribution is -2.04. The third kappa shape index (κ3) is 5.50. The maximum atomic E-state index is 4.64. The summed E-state index contributed by atoms with van der Waals surface area (Å²) in [5.41, 5.74) is 2.31. The summed E-state index contributed by atoms with van der Waals surface area (Å²) in [6.07, 6.45) is 6.09. The van der Waals surface area contributed by atoms with Crippen LogP contribution in [0.5, 0.6) is 0 Å². The summed E-state index contributed by atoms with van der Waals surface area (Å²) in [4.78, 5) is 2.03. The monoisotopic (exact) mass is 446 g/mol. The van der Waals surface area contributed by atoms with Gasteiger partial charge in [-0.15, -0.1) is 25.3 Å². The molecule has 0 spiro atoms. The van der Waals surface area contributed by atoms with Gasteiger partial charge in [0.05, 0.1) is 11.4 Å². The molecule has 2 N–H and O–H groups in total. The van der Waals surface area contributed by atoms with Crippen molar-refractivity contribution in [2.75, 3.05) is 23.7 Å². The quantitative estimate of drug-likeness (QED) is 0.146. The van der Waals surface area contributed by atoms with E-state index in [2.05, 4.69) is 109 Å². The Kier molecular flexibility index (Phi) is 7.66. The fourth-order valence-corrected chi connectivity index (χ4v) is 4.65. The zero-order valence-electron chi connectivity index (χ0n) is 17.8. The fraction of sp³-hybridized carbons (Fsp3) is 0.259. The molecular weight excluding hydrogens is 416 g/mol. The number of fused-ring (bicyclic) bond motifs is 2. The van der Waals surface area contributed by atoms with Crippen LogP contribution in [0.25, 0.3) is 21.5 Å². The lowest BCUT2D eigenvalue weighted by Gasteiger charge is -2.13. The van der Waals surface area contributed by atoms with Crippen LogP contribution < -0.4 is 10.6 Å². The van der Waals surface area contributed by atoms with Gasteiger partial charge in [0.2, 0.25) is 0 Å². The van der Waals surface area contributed by atoms with Crippen molar-refractivity contribution in [3.8, 4) is 0 Å². The second kappa shape index (κ2) is 10.8. The van der Waals surface area contributed by atoms with E-state index in [1.54, 1.807) is 0 Å². The molecule has 0 aliphatic rings. The summed E-state index contributed by atoms with van der Waals surface area (Å²) in [7, 11) is 0. The maximum Gasteiger partial charge on any atom is 0.0555 e. The Bertz CT molecular complexity index is 1070. The predicted octanol–water partition coefficient (Wildman–Crippen LogP) is 8.04. The van der Waals surface area contributed by atoms with E-state index in [-0.39, 0.29) is 0 Å². The smallest absolute Gasteiger partial charge is 0.0555 e. The molecule has 160 valence electrons. The van der Waals surface area contributed by atoms with E-state index in [0.29, 0.717) is 0 Å². The van der Waals surface area contributed by atoms with Gasteiger partial charge in [0.25, 0.3) is 0 Å². The summed E-state index contributed by atoms with van der Waals surface area (Å²) in [6, 6.07) is 25.4. The molecule has 4 rings (SSSR count). The molecule has 0 unspecified atom stereocenters. The third-order valence-corrected chi connectivity index (χ3v) is 6.52. The van der Waals surface area contributed by atoms with Crippen molar-refractivity contribution in [2.45, 2.75) is 41.9 Å². The minimum Gasteiger partial charge on any atom is -0.384 e. The van der Waals surface area contributed by atoms with Gasteiger partial charge >= 0.3 is 0 Å². The molecule has 0 fully saturated rings. The first-order chi connectivity index (χ1) is 15.2. The van der Waals surface area contributed by atoms with Gasteiger partial charge in [-0.2, -0.15) is 0 Å². The molecule has 0 saturated carbocycles. The Morgan fingerprint density at radius 2 is 0.903 bits per heavy atom. The van der Waals surface area contributed by atoms with Crippen LogP contribution in [0, 0.1) is 0 Å². The molecule has 0 aromatic heterocycles. The number of rotatable bonds is 10. The van der Waals surface area contributed by atoms with Crippen molar-refractivity contribution in [1.29, 1.82) is 0 Å². The predicted molar refractivity (Wildman–Crippen MR) is 142 cm³/mol. The standard InChI is InChI=1S/C27H30N2S2/c30-24-16-14-20-10-4-6-12-22(20)26(24)28-18-8-2-1-3-9-19-29-27-23-13-7-5-11-21(23)15-17-25(27)31/h4-7,10-17,28-31H,1-3,8-9,18-19H2. The van der Waals surface area contributed by atoms with Crippen LogP contribution in [0.15, 0.2) is 82.6 Å². The van der Waals surface area contributed by atoms with Gasteiger partial charge in [-0.05, 0) is 35.7 Å². The normalized spacial score (nSPS) is 11.2. The van der Waals surface area contributed by atoms with Crippen molar-refractivity contribution < 1.29 is 0 Å². The van der Waals surface area contributed by atoms with E-state index in [4.69, 9.17) is 0 Å². The number of anilines is 2. The second-order valence-corrected chi connectivity index (χ2v) is 8.95. The lowest BCUT2D eigenvalue weighted by atomic mass is 10.1. The first-order valence-corrected chi connectivity index (χ1v) is 12.0. The molecule has 31 heavy (non-hydrogen) atoms. The molecular formula is C27H30N2S2. The number of hydrogen-bond acceptors (Lipinski definition) is 4. The molecule has 0 radical (unpaired) electrons. The van der Waals surface area contributed by atoms with E-state index in [1.165, 1.54) is 53.6 Å². The van der Waals surface area contributed by atoms with Crippen molar-refractivity contribution in [3.63, 3.8) is 0 Å². The minimum absolute atomic E-state index is 0.985. The van der Waals surface area contributed by atoms with Crippen LogP contribution in [0.2, 0.25) is 0 Å². The van der Waals surface area contributed by atoms with E-state index >= 15 is 0 Å². The van der Waals surface area contributed by atoms with Gasteiger partial charge in [0.15, 0.2) is 0 Å². The number of benzene rings is 4. The molecule has 0 amide bonds. The van der Waals surface area contributed by atoms with Crippen molar-refractivity contribution in [2.24, 2.45) is 0 Å². The first-order valence-electron chi connectivity index (χ1n) is 11.1. The van der Waals surface area contributed by atoms with Crippen LogP contribution in [-0.4, -0.2) is 13.1 Å². The van der Waals surface area contributed by atoms with Crippen molar-refractivity contribution >= 4 is 58.2 Å². The summed E-state index contributed by atoms with van der Waals surface area (Å²) < 4.78 is 0. The molecule has 0 atom stereocenters. The third-order valence-electron chi connectivity index (χ3n) is 5.77. The van der Waals surface area contributed by atoms with Crippen LogP contribution >= 0.6 is 25.3 Å². The van der Waals surface area contributed by atoms with Gasteiger partial charge in [-0.1, -0.05) is 79.9 Å². The number of hydrogen-bond donors (Lipinski definition) is 4. The summed E-state index contributed by atoms with van der Waals surface area (Å²) in [5.74, 6) is 0. The first kappa shape index (κ1) is 21.9. The highest BCUT2D eigenvalue weighted by Crippen LogP contribution is 2.31. The highest BCUT2D eigenvalue weighted by atomic mass is 32.1. The van der Waals surface area contributed by atoms with Gasteiger partial charge in [-0.25, -0.2) is 0 Å². The average molecular weight is 447 g/mol. The minimum atomic E-state index is 0.985. The largest absolute Gasteiger partial charge is 0.384 e. The highest BCUT2D eigenvalue weighted by Gasteiger charge is 2.05. The lowest BCUT2D eigenvalue weighted by molar-refractivity contribution is 0.635. The number of unbranched alkanes of at least 4 members (excludes halogenated alkanes) is 4. The van der Waals surface area contributed by atoms with Gasteiger partial charge in [0.1, 0.15) is 0 Å². The maximum absolute atomic E-state index is 4.64. The zero-order valence-corrected chi connectivity index (χ0v) is 19.6. The average Bonchev–Trinajstić information content (AvgIpc) is 2.80. The molecule has 0 aliphatic carbocycles. The molecule has 4 heteroatoms. The second-order valence-electron chi connectivity index (χ2n) is 7.98. The van der Waals surface area contributed by atoms with E-state index in [1.807, 2.05) is 0 Å². The zero-order chi connectivity index (χ0) is 21.5. The Hall–Kier alpha value is -2.30. The topological polar surface area (TPSA) is 24.1 Å². The Balaban J connectivity index is 1.16. The SMILES string of the molecule is Sc1ccc2ccccc2c1NCCCCCCCNc1c(S)ccc2ccccc12.